The largest absolute Gasteiger partial charge is 0.491 e. The van der Waals surface area contributed by atoms with Gasteiger partial charge >= 0.3 is 0 Å². The predicted molar refractivity (Wildman–Crippen MR) is 127 cm³/mol. The average molecular weight is 536 g/mol. The minimum Gasteiger partial charge on any atom is -0.491 e. The van der Waals surface area contributed by atoms with E-state index in [4.69, 9.17) is 4.74 Å². The van der Waals surface area contributed by atoms with Crippen molar-refractivity contribution >= 4 is 63.2 Å². The molecule has 0 unspecified atom stereocenters. The number of imide groups is 1. The standard InChI is InChI=1S/C22H21IN2O4S/c1-3-14(2)29-18-10-4-15(5-11-18)12-19-21(27)25(22(28)30-19)13-20(26)24-17-8-6-16(23)7-9-17/h4-12,14H,3,13H2,1-2H3,(H,24,26)/b19-12-/t14-/m0/s1. The van der Waals surface area contributed by atoms with Crippen LogP contribution in [0.1, 0.15) is 25.8 Å². The third kappa shape index (κ3) is 5.85. The highest BCUT2D eigenvalue weighted by molar-refractivity contribution is 14.1. The molecule has 6 nitrogen and oxygen atoms in total. The molecule has 0 aromatic heterocycles. The number of anilines is 1. The summed E-state index contributed by atoms with van der Waals surface area (Å²) in [6.07, 6.45) is 2.68. The van der Waals surface area contributed by atoms with E-state index in [-0.39, 0.29) is 17.6 Å². The number of carbonyl (C=O) groups is 3. The molecular formula is C22H21IN2O4S. The van der Waals surface area contributed by atoms with Crippen LogP contribution < -0.4 is 10.1 Å². The number of amides is 3. The maximum absolute atomic E-state index is 12.6. The van der Waals surface area contributed by atoms with E-state index in [1.807, 2.05) is 43.3 Å². The van der Waals surface area contributed by atoms with E-state index in [0.29, 0.717) is 5.69 Å². The fourth-order valence-electron chi connectivity index (χ4n) is 2.62. The summed E-state index contributed by atoms with van der Waals surface area (Å²) in [5, 5.41) is 2.24. The zero-order valence-corrected chi connectivity index (χ0v) is 19.5. The quantitative estimate of drug-likeness (QED) is 0.392. The van der Waals surface area contributed by atoms with Gasteiger partial charge in [0.15, 0.2) is 0 Å². The van der Waals surface area contributed by atoms with E-state index in [1.165, 1.54) is 0 Å². The number of nitrogens with one attached hydrogen (secondary N) is 1. The van der Waals surface area contributed by atoms with Crippen molar-refractivity contribution in [2.24, 2.45) is 0 Å². The van der Waals surface area contributed by atoms with Crippen LogP contribution in [0.3, 0.4) is 0 Å². The van der Waals surface area contributed by atoms with E-state index in [2.05, 4.69) is 34.8 Å². The zero-order valence-electron chi connectivity index (χ0n) is 16.6. The molecule has 0 aliphatic carbocycles. The maximum Gasteiger partial charge on any atom is 0.294 e. The van der Waals surface area contributed by atoms with Crippen molar-refractivity contribution in [2.45, 2.75) is 26.4 Å². The third-order valence-electron chi connectivity index (χ3n) is 4.39. The van der Waals surface area contributed by atoms with Gasteiger partial charge in [0.2, 0.25) is 5.91 Å². The van der Waals surface area contributed by atoms with Crippen LogP contribution in [0.25, 0.3) is 6.08 Å². The molecule has 1 saturated heterocycles. The summed E-state index contributed by atoms with van der Waals surface area (Å²) in [5.41, 5.74) is 1.39. The summed E-state index contributed by atoms with van der Waals surface area (Å²) < 4.78 is 6.79. The molecule has 1 N–H and O–H groups in total. The lowest BCUT2D eigenvalue weighted by Gasteiger charge is -2.12. The Balaban J connectivity index is 1.63. The van der Waals surface area contributed by atoms with Gasteiger partial charge in [-0.1, -0.05) is 19.1 Å². The van der Waals surface area contributed by atoms with Crippen LogP contribution in [-0.2, 0) is 9.59 Å². The summed E-state index contributed by atoms with van der Waals surface area (Å²) in [6, 6.07) is 14.6. The van der Waals surface area contributed by atoms with Crippen molar-refractivity contribution in [1.29, 1.82) is 0 Å². The van der Waals surface area contributed by atoms with Crippen LogP contribution in [0.5, 0.6) is 5.75 Å². The van der Waals surface area contributed by atoms with Gasteiger partial charge < -0.3 is 10.1 Å². The summed E-state index contributed by atoms with van der Waals surface area (Å²) in [6.45, 7) is 3.73. The number of carbonyl (C=O) groups excluding carboxylic acids is 3. The molecule has 3 amide bonds. The summed E-state index contributed by atoms with van der Waals surface area (Å²) >= 11 is 3.00. The lowest BCUT2D eigenvalue weighted by molar-refractivity contribution is -0.127. The van der Waals surface area contributed by atoms with Gasteiger partial charge in [-0.05, 0) is 95.7 Å². The van der Waals surface area contributed by atoms with Gasteiger partial charge in [-0.25, -0.2) is 0 Å². The minimum absolute atomic E-state index is 0.123. The Morgan fingerprint density at radius 1 is 1.17 bits per heavy atom. The molecule has 1 aliphatic rings. The molecule has 1 fully saturated rings. The molecular weight excluding hydrogens is 515 g/mol. The fourth-order valence-corrected chi connectivity index (χ4v) is 3.82. The highest BCUT2D eigenvalue weighted by atomic mass is 127. The summed E-state index contributed by atoms with van der Waals surface area (Å²) in [4.78, 5) is 38.4. The maximum atomic E-state index is 12.6. The SMILES string of the molecule is CC[C@H](C)Oc1ccc(/C=C2\SC(=O)N(CC(=O)Nc3ccc(I)cc3)C2=O)cc1. The first-order valence-electron chi connectivity index (χ1n) is 9.43. The van der Waals surface area contributed by atoms with Crippen LogP contribution in [0.2, 0.25) is 0 Å². The van der Waals surface area contributed by atoms with Crippen molar-refractivity contribution in [1.82, 2.24) is 4.90 Å². The molecule has 8 heteroatoms. The second kappa shape index (κ2) is 10.1. The van der Waals surface area contributed by atoms with Crippen molar-refractivity contribution in [3.05, 3.63) is 62.6 Å². The molecule has 3 rings (SSSR count). The third-order valence-corrected chi connectivity index (χ3v) is 6.02. The van der Waals surface area contributed by atoms with Crippen LogP contribution in [0.4, 0.5) is 10.5 Å². The van der Waals surface area contributed by atoms with Crippen molar-refractivity contribution in [2.75, 3.05) is 11.9 Å². The van der Waals surface area contributed by atoms with E-state index in [0.717, 1.165) is 38.0 Å². The molecule has 0 radical (unpaired) electrons. The zero-order chi connectivity index (χ0) is 21.7. The number of rotatable bonds is 7. The molecule has 1 atom stereocenters. The number of thioether (sulfide) groups is 1. The normalized spacial score (nSPS) is 16.1. The predicted octanol–water partition coefficient (Wildman–Crippen LogP) is 5.14. The van der Waals surface area contributed by atoms with Crippen LogP contribution >= 0.6 is 34.4 Å². The summed E-state index contributed by atoms with van der Waals surface area (Å²) in [7, 11) is 0. The van der Waals surface area contributed by atoms with Gasteiger partial charge in [0.25, 0.3) is 11.1 Å². The number of hydrogen-bond donors (Lipinski definition) is 1. The summed E-state index contributed by atoms with van der Waals surface area (Å²) in [5.74, 6) is -0.143. The molecule has 2 aromatic carbocycles. The molecule has 30 heavy (non-hydrogen) atoms. The van der Waals surface area contributed by atoms with Gasteiger partial charge in [-0.15, -0.1) is 0 Å². The first-order chi connectivity index (χ1) is 14.4. The van der Waals surface area contributed by atoms with Crippen LogP contribution in [0, 0.1) is 3.57 Å². The number of benzene rings is 2. The number of nitrogens with zero attached hydrogens (tertiary/aromatic N) is 1. The van der Waals surface area contributed by atoms with Crippen molar-refractivity contribution in [3.8, 4) is 5.75 Å². The van der Waals surface area contributed by atoms with Gasteiger partial charge in [0, 0.05) is 9.26 Å². The molecule has 0 saturated carbocycles. The molecule has 156 valence electrons. The van der Waals surface area contributed by atoms with Crippen LogP contribution in [0.15, 0.2) is 53.4 Å². The second-order valence-corrected chi connectivity index (χ2v) is 8.97. The lowest BCUT2D eigenvalue weighted by Crippen LogP contribution is -2.36. The Bertz CT molecular complexity index is 974. The molecule has 2 aromatic rings. The minimum atomic E-state index is -0.470. The molecule has 1 aliphatic heterocycles. The fraction of sp³-hybridized carbons (Fsp3) is 0.227. The number of halogens is 1. The average Bonchev–Trinajstić information content (AvgIpc) is 2.98. The second-order valence-electron chi connectivity index (χ2n) is 6.73. The van der Waals surface area contributed by atoms with Gasteiger partial charge in [0.05, 0.1) is 11.0 Å². The highest BCUT2D eigenvalue weighted by Crippen LogP contribution is 2.32. The number of ether oxygens (including phenoxy) is 1. The van der Waals surface area contributed by atoms with Gasteiger partial charge in [-0.2, -0.15) is 0 Å². The Morgan fingerprint density at radius 2 is 1.83 bits per heavy atom. The van der Waals surface area contributed by atoms with E-state index in [1.54, 1.807) is 18.2 Å². The molecule has 0 spiro atoms. The van der Waals surface area contributed by atoms with Crippen molar-refractivity contribution < 1.29 is 19.1 Å². The first-order valence-corrected chi connectivity index (χ1v) is 11.3. The van der Waals surface area contributed by atoms with E-state index >= 15 is 0 Å². The van der Waals surface area contributed by atoms with Gasteiger partial charge in [-0.3, -0.25) is 19.3 Å². The Hall–Kier alpha value is -2.33. The van der Waals surface area contributed by atoms with Crippen LogP contribution in [-0.4, -0.2) is 34.6 Å². The highest BCUT2D eigenvalue weighted by Gasteiger charge is 2.36. The smallest absolute Gasteiger partial charge is 0.294 e. The van der Waals surface area contributed by atoms with Crippen molar-refractivity contribution in [3.63, 3.8) is 0 Å². The Morgan fingerprint density at radius 3 is 2.47 bits per heavy atom. The lowest BCUT2D eigenvalue weighted by atomic mass is 10.2. The monoisotopic (exact) mass is 536 g/mol. The first kappa shape index (κ1) is 22.4. The molecule has 0 bridgehead atoms. The van der Waals surface area contributed by atoms with E-state index in [9.17, 15) is 14.4 Å². The van der Waals surface area contributed by atoms with Gasteiger partial charge in [0.1, 0.15) is 12.3 Å². The number of hydrogen-bond acceptors (Lipinski definition) is 5. The Labute approximate surface area is 193 Å². The Kier molecular flexibility index (Phi) is 7.54. The topological polar surface area (TPSA) is 75.7 Å². The molecule has 1 heterocycles. The van der Waals surface area contributed by atoms with E-state index < -0.39 is 17.1 Å².